The lowest BCUT2D eigenvalue weighted by molar-refractivity contribution is 0.737. The van der Waals surface area contributed by atoms with Crippen LogP contribution in [0.5, 0.6) is 0 Å². The third-order valence-electron chi connectivity index (χ3n) is 3.46. The summed E-state index contributed by atoms with van der Waals surface area (Å²) < 4.78 is 3.17. The zero-order valence-corrected chi connectivity index (χ0v) is 12.6. The van der Waals surface area contributed by atoms with Crippen LogP contribution in [0.3, 0.4) is 0 Å². The highest BCUT2D eigenvalue weighted by molar-refractivity contribution is 9.10. The van der Waals surface area contributed by atoms with Crippen molar-refractivity contribution in [3.63, 3.8) is 0 Å². The Bertz CT molecular complexity index is 568. The van der Waals surface area contributed by atoms with E-state index in [9.17, 15) is 0 Å². The van der Waals surface area contributed by atoms with Crippen molar-refractivity contribution in [3.8, 4) is 5.69 Å². The van der Waals surface area contributed by atoms with E-state index < -0.39 is 0 Å². The van der Waals surface area contributed by atoms with Crippen LogP contribution >= 0.6 is 15.9 Å². The fourth-order valence-electron chi connectivity index (χ4n) is 2.41. The van der Waals surface area contributed by atoms with Gasteiger partial charge in [-0.1, -0.05) is 12.1 Å². The third kappa shape index (κ3) is 2.74. The molecular weight excluding hydrogens is 302 g/mol. The molecule has 0 bridgehead atoms. The minimum atomic E-state index is 0.201. The van der Waals surface area contributed by atoms with Gasteiger partial charge in [0.2, 0.25) is 0 Å². The molecule has 19 heavy (non-hydrogen) atoms. The standard InChI is InChI=1S/C15H18BrN3/c1-10(17)8-11-2-6-13(7-3-11)19-15(12-4-5-12)14(16)9-18-19/h2-3,6-7,9-10,12H,4-5,8,17H2,1H3. The molecule has 2 aromatic rings. The predicted octanol–water partition coefficient (Wildman–Crippen LogP) is 3.40. The largest absolute Gasteiger partial charge is 0.328 e. The van der Waals surface area contributed by atoms with Gasteiger partial charge >= 0.3 is 0 Å². The zero-order valence-electron chi connectivity index (χ0n) is 11.0. The molecule has 0 saturated heterocycles. The molecular formula is C15H18BrN3. The van der Waals surface area contributed by atoms with E-state index in [1.807, 2.05) is 13.1 Å². The number of nitrogens with zero attached hydrogens (tertiary/aromatic N) is 2. The Balaban J connectivity index is 1.90. The van der Waals surface area contributed by atoms with Crippen molar-refractivity contribution in [1.29, 1.82) is 0 Å². The lowest BCUT2D eigenvalue weighted by atomic mass is 10.1. The number of rotatable bonds is 4. The van der Waals surface area contributed by atoms with Crippen LogP contribution in [0.2, 0.25) is 0 Å². The van der Waals surface area contributed by atoms with Gasteiger partial charge in [-0.3, -0.25) is 0 Å². The van der Waals surface area contributed by atoms with E-state index in [1.54, 1.807) is 0 Å². The van der Waals surface area contributed by atoms with Crippen LogP contribution in [0.25, 0.3) is 5.69 Å². The van der Waals surface area contributed by atoms with Crippen molar-refractivity contribution < 1.29 is 0 Å². The first-order valence-corrected chi connectivity index (χ1v) is 7.53. The Morgan fingerprint density at radius 3 is 2.63 bits per heavy atom. The highest BCUT2D eigenvalue weighted by Crippen LogP contribution is 2.43. The van der Waals surface area contributed by atoms with Gasteiger partial charge in [-0.15, -0.1) is 0 Å². The van der Waals surface area contributed by atoms with Crippen molar-refractivity contribution in [2.45, 2.75) is 38.1 Å². The summed E-state index contributed by atoms with van der Waals surface area (Å²) in [7, 11) is 0. The summed E-state index contributed by atoms with van der Waals surface area (Å²) in [4.78, 5) is 0. The van der Waals surface area contributed by atoms with E-state index in [0.717, 1.165) is 16.6 Å². The summed E-state index contributed by atoms with van der Waals surface area (Å²) >= 11 is 3.60. The highest BCUT2D eigenvalue weighted by atomic mass is 79.9. The number of aromatic nitrogens is 2. The van der Waals surface area contributed by atoms with E-state index in [-0.39, 0.29) is 6.04 Å². The first kappa shape index (κ1) is 12.9. The normalized spacial score (nSPS) is 16.6. The molecule has 1 saturated carbocycles. The SMILES string of the molecule is CC(N)Cc1ccc(-n2ncc(Br)c2C2CC2)cc1. The summed E-state index contributed by atoms with van der Waals surface area (Å²) in [6.45, 7) is 2.03. The average molecular weight is 320 g/mol. The molecule has 1 unspecified atom stereocenters. The fraction of sp³-hybridized carbons (Fsp3) is 0.400. The van der Waals surface area contributed by atoms with E-state index in [0.29, 0.717) is 5.92 Å². The van der Waals surface area contributed by atoms with Gasteiger partial charge in [-0.2, -0.15) is 5.10 Å². The van der Waals surface area contributed by atoms with Crippen molar-refractivity contribution in [1.82, 2.24) is 9.78 Å². The molecule has 4 heteroatoms. The molecule has 3 rings (SSSR count). The van der Waals surface area contributed by atoms with Crippen LogP contribution in [-0.4, -0.2) is 15.8 Å². The van der Waals surface area contributed by atoms with Crippen molar-refractivity contribution in [2.75, 3.05) is 0 Å². The third-order valence-corrected chi connectivity index (χ3v) is 4.07. The molecule has 1 aliphatic rings. The molecule has 1 aliphatic carbocycles. The maximum Gasteiger partial charge on any atom is 0.0649 e. The van der Waals surface area contributed by atoms with Crippen LogP contribution in [0.15, 0.2) is 34.9 Å². The molecule has 3 nitrogen and oxygen atoms in total. The van der Waals surface area contributed by atoms with Gasteiger partial charge in [0, 0.05) is 12.0 Å². The first-order valence-electron chi connectivity index (χ1n) is 6.73. The monoisotopic (exact) mass is 319 g/mol. The van der Waals surface area contributed by atoms with Crippen molar-refractivity contribution in [3.05, 3.63) is 46.2 Å². The molecule has 1 aromatic carbocycles. The lowest BCUT2D eigenvalue weighted by Crippen LogP contribution is -2.17. The van der Waals surface area contributed by atoms with Gasteiger partial charge in [0.1, 0.15) is 0 Å². The molecule has 1 aromatic heterocycles. The Labute approximate surface area is 121 Å². The van der Waals surface area contributed by atoms with Crippen LogP contribution in [0, 0.1) is 0 Å². The number of hydrogen-bond donors (Lipinski definition) is 1. The van der Waals surface area contributed by atoms with Crippen LogP contribution in [0.1, 0.15) is 36.9 Å². The van der Waals surface area contributed by atoms with Gasteiger partial charge in [-0.05, 0) is 59.8 Å². The second kappa shape index (κ2) is 5.10. The molecule has 0 spiro atoms. The molecule has 0 amide bonds. The van der Waals surface area contributed by atoms with E-state index in [2.05, 4.69) is 50.0 Å². The smallest absolute Gasteiger partial charge is 0.0649 e. The maximum absolute atomic E-state index is 5.83. The summed E-state index contributed by atoms with van der Waals surface area (Å²) in [6, 6.07) is 8.74. The molecule has 1 fully saturated rings. The first-order chi connectivity index (χ1) is 9.15. The Morgan fingerprint density at radius 1 is 1.37 bits per heavy atom. The number of hydrogen-bond acceptors (Lipinski definition) is 2. The Hall–Kier alpha value is -1.13. The van der Waals surface area contributed by atoms with Gasteiger partial charge < -0.3 is 5.73 Å². The molecule has 1 heterocycles. The van der Waals surface area contributed by atoms with Gasteiger partial charge in [0.05, 0.1) is 22.1 Å². The summed E-state index contributed by atoms with van der Waals surface area (Å²) in [5.41, 5.74) is 9.53. The molecule has 0 radical (unpaired) electrons. The van der Waals surface area contributed by atoms with Crippen LogP contribution in [0.4, 0.5) is 0 Å². The summed E-state index contributed by atoms with van der Waals surface area (Å²) in [5.74, 6) is 0.667. The van der Waals surface area contributed by atoms with Gasteiger partial charge in [-0.25, -0.2) is 4.68 Å². The molecule has 0 aliphatic heterocycles. The minimum absolute atomic E-state index is 0.201. The predicted molar refractivity (Wildman–Crippen MR) is 80.6 cm³/mol. The van der Waals surface area contributed by atoms with Crippen molar-refractivity contribution in [2.24, 2.45) is 5.73 Å². The van der Waals surface area contributed by atoms with Crippen molar-refractivity contribution >= 4 is 15.9 Å². The topological polar surface area (TPSA) is 43.8 Å². The maximum atomic E-state index is 5.83. The van der Waals surface area contributed by atoms with E-state index >= 15 is 0 Å². The lowest BCUT2D eigenvalue weighted by Gasteiger charge is -2.09. The Kier molecular flexibility index (Phi) is 3.46. The van der Waals surface area contributed by atoms with E-state index in [4.69, 9.17) is 5.73 Å². The minimum Gasteiger partial charge on any atom is -0.328 e. The average Bonchev–Trinajstić information content (AvgIpc) is 3.13. The quantitative estimate of drug-likeness (QED) is 0.938. The second-order valence-corrected chi connectivity index (χ2v) is 6.27. The summed E-state index contributed by atoms with van der Waals surface area (Å²) in [6.07, 6.45) is 5.35. The van der Waals surface area contributed by atoms with Gasteiger partial charge in [0.15, 0.2) is 0 Å². The number of halogens is 1. The van der Waals surface area contributed by atoms with E-state index in [1.165, 1.54) is 24.1 Å². The summed E-state index contributed by atoms with van der Waals surface area (Å²) in [5, 5.41) is 4.48. The highest BCUT2D eigenvalue weighted by Gasteiger charge is 2.30. The van der Waals surface area contributed by atoms with Gasteiger partial charge in [0.25, 0.3) is 0 Å². The van der Waals surface area contributed by atoms with Crippen LogP contribution < -0.4 is 5.73 Å². The zero-order chi connectivity index (χ0) is 13.4. The second-order valence-electron chi connectivity index (χ2n) is 5.41. The molecule has 1 atom stereocenters. The fourth-order valence-corrected chi connectivity index (χ4v) is 3.00. The number of benzene rings is 1. The Morgan fingerprint density at radius 2 is 2.05 bits per heavy atom. The molecule has 100 valence electrons. The molecule has 2 N–H and O–H groups in total. The van der Waals surface area contributed by atoms with Crippen LogP contribution in [-0.2, 0) is 6.42 Å². The number of nitrogens with two attached hydrogens (primary N) is 1.